The van der Waals surface area contributed by atoms with Gasteiger partial charge in [0.15, 0.2) is 6.10 Å². The summed E-state index contributed by atoms with van der Waals surface area (Å²) < 4.78 is 27.4. The summed E-state index contributed by atoms with van der Waals surface area (Å²) >= 11 is 0. The number of hydrogen-bond acceptors (Lipinski definition) is 3. The lowest BCUT2D eigenvalue weighted by molar-refractivity contribution is -0.140. The molecule has 4 nitrogen and oxygen atoms in total. The van der Waals surface area contributed by atoms with Gasteiger partial charge in [0.1, 0.15) is 11.6 Å². The number of benzene rings is 2. The molecule has 4 rings (SSSR count). The van der Waals surface area contributed by atoms with Crippen molar-refractivity contribution in [2.75, 3.05) is 6.54 Å². The highest BCUT2D eigenvalue weighted by atomic mass is 19.1. The molecule has 0 radical (unpaired) electrons. The lowest BCUT2D eigenvalue weighted by Crippen LogP contribution is -2.42. The van der Waals surface area contributed by atoms with Crippen LogP contribution < -0.4 is 0 Å². The molecule has 2 aromatic carbocycles. The van der Waals surface area contributed by atoms with Crippen molar-refractivity contribution < 1.29 is 18.4 Å². The summed E-state index contributed by atoms with van der Waals surface area (Å²) in [6, 6.07) is 11.5. The predicted molar refractivity (Wildman–Crippen MR) is 106 cm³/mol. The van der Waals surface area contributed by atoms with Crippen molar-refractivity contribution in [2.45, 2.75) is 45.3 Å². The SMILES string of the molecule is Cc1ccc(C2=NO[C@H](CN(Cc3ccc(F)cc3F)C(=O)C3CCC3)C2)cc1. The van der Waals surface area contributed by atoms with Gasteiger partial charge in [-0.25, -0.2) is 8.78 Å². The van der Waals surface area contributed by atoms with E-state index in [1.807, 2.05) is 31.2 Å². The molecular weight excluding hydrogens is 374 g/mol. The van der Waals surface area contributed by atoms with Crippen LogP contribution in [-0.2, 0) is 16.2 Å². The highest BCUT2D eigenvalue weighted by Gasteiger charge is 2.33. The van der Waals surface area contributed by atoms with E-state index in [-0.39, 0.29) is 24.5 Å². The van der Waals surface area contributed by atoms with Gasteiger partial charge in [0.2, 0.25) is 5.91 Å². The van der Waals surface area contributed by atoms with Gasteiger partial charge in [-0.05, 0) is 31.4 Å². The Morgan fingerprint density at radius 3 is 2.59 bits per heavy atom. The molecule has 1 aliphatic heterocycles. The van der Waals surface area contributed by atoms with Crippen LogP contribution in [0.2, 0.25) is 0 Å². The van der Waals surface area contributed by atoms with E-state index >= 15 is 0 Å². The Kier molecular flexibility index (Phi) is 5.60. The number of amides is 1. The minimum atomic E-state index is -0.639. The maximum Gasteiger partial charge on any atom is 0.226 e. The van der Waals surface area contributed by atoms with E-state index in [1.165, 1.54) is 17.7 Å². The Morgan fingerprint density at radius 1 is 1.17 bits per heavy atom. The van der Waals surface area contributed by atoms with Gasteiger partial charge in [-0.15, -0.1) is 0 Å². The largest absolute Gasteiger partial charge is 0.390 e. The monoisotopic (exact) mass is 398 g/mol. The molecule has 2 aromatic rings. The molecule has 1 aliphatic carbocycles. The standard InChI is InChI=1S/C23H24F2N2O2/c1-15-5-7-16(8-6-15)22-12-20(29-26-22)14-27(23(28)17-3-2-4-17)13-18-9-10-19(24)11-21(18)25/h5-11,17,20H,2-4,12-14H2,1H3/t20-/m0/s1. The Labute approximate surface area is 169 Å². The summed E-state index contributed by atoms with van der Waals surface area (Å²) in [6.07, 6.45) is 3.06. The number of rotatable bonds is 6. The molecule has 0 aromatic heterocycles. The number of carbonyl (C=O) groups is 1. The van der Waals surface area contributed by atoms with E-state index in [0.717, 1.165) is 36.6 Å². The van der Waals surface area contributed by atoms with Crippen LogP contribution in [0.4, 0.5) is 8.78 Å². The summed E-state index contributed by atoms with van der Waals surface area (Å²) in [5.41, 5.74) is 3.32. The van der Waals surface area contributed by atoms with Crippen molar-refractivity contribution in [2.24, 2.45) is 11.1 Å². The zero-order valence-corrected chi connectivity index (χ0v) is 16.4. The highest BCUT2D eigenvalue weighted by Crippen LogP contribution is 2.30. The van der Waals surface area contributed by atoms with Crippen LogP contribution in [0, 0.1) is 24.5 Å². The van der Waals surface area contributed by atoms with Crippen molar-refractivity contribution in [3.63, 3.8) is 0 Å². The Bertz CT molecular complexity index is 923. The fourth-order valence-electron chi connectivity index (χ4n) is 3.69. The fourth-order valence-corrected chi connectivity index (χ4v) is 3.69. The third-order valence-corrected chi connectivity index (χ3v) is 5.68. The van der Waals surface area contributed by atoms with Gasteiger partial charge >= 0.3 is 0 Å². The number of carbonyl (C=O) groups excluding carboxylic acids is 1. The summed E-state index contributed by atoms with van der Waals surface area (Å²) in [4.78, 5) is 20.1. The first-order valence-electron chi connectivity index (χ1n) is 10.0. The van der Waals surface area contributed by atoms with Crippen LogP contribution in [-0.4, -0.2) is 29.2 Å². The van der Waals surface area contributed by atoms with E-state index in [1.54, 1.807) is 4.90 Å². The van der Waals surface area contributed by atoms with Crippen LogP contribution in [0.5, 0.6) is 0 Å². The zero-order valence-electron chi connectivity index (χ0n) is 16.4. The van der Waals surface area contributed by atoms with E-state index in [0.29, 0.717) is 18.5 Å². The first-order chi connectivity index (χ1) is 14.0. The molecule has 6 heteroatoms. The maximum atomic E-state index is 14.2. The van der Waals surface area contributed by atoms with E-state index < -0.39 is 11.6 Å². The minimum absolute atomic E-state index is 0.00682. The van der Waals surface area contributed by atoms with E-state index in [4.69, 9.17) is 4.84 Å². The van der Waals surface area contributed by atoms with Crippen LogP contribution in [0.15, 0.2) is 47.6 Å². The second kappa shape index (κ2) is 8.31. The predicted octanol–water partition coefficient (Wildman–Crippen LogP) is 4.60. The van der Waals surface area contributed by atoms with Crippen molar-refractivity contribution in [1.29, 1.82) is 0 Å². The second-order valence-electron chi connectivity index (χ2n) is 7.92. The quantitative estimate of drug-likeness (QED) is 0.714. The van der Waals surface area contributed by atoms with Crippen LogP contribution in [0.1, 0.15) is 42.4 Å². The van der Waals surface area contributed by atoms with Gasteiger partial charge in [-0.2, -0.15) is 0 Å². The van der Waals surface area contributed by atoms with E-state index in [2.05, 4.69) is 5.16 Å². The van der Waals surface area contributed by atoms with Gasteiger partial charge < -0.3 is 9.74 Å². The van der Waals surface area contributed by atoms with Crippen molar-refractivity contribution in [3.05, 3.63) is 70.8 Å². The smallest absolute Gasteiger partial charge is 0.226 e. The molecule has 29 heavy (non-hydrogen) atoms. The average Bonchev–Trinajstić information content (AvgIpc) is 3.11. The van der Waals surface area contributed by atoms with Gasteiger partial charge in [-0.1, -0.05) is 47.5 Å². The topological polar surface area (TPSA) is 41.9 Å². The maximum absolute atomic E-state index is 14.2. The Morgan fingerprint density at radius 2 is 1.93 bits per heavy atom. The molecule has 0 N–H and O–H groups in total. The molecule has 0 bridgehead atoms. The zero-order chi connectivity index (χ0) is 20.4. The normalized spacial score (nSPS) is 18.7. The molecule has 152 valence electrons. The van der Waals surface area contributed by atoms with Gasteiger partial charge in [0.05, 0.1) is 12.3 Å². The number of nitrogens with zero attached hydrogens (tertiary/aromatic N) is 2. The van der Waals surface area contributed by atoms with Gasteiger partial charge in [0, 0.05) is 30.5 Å². The fraction of sp³-hybridized carbons (Fsp3) is 0.391. The Balaban J connectivity index is 1.45. The lowest BCUT2D eigenvalue weighted by Gasteiger charge is -2.32. The van der Waals surface area contributed by atoms with Crippen LogP contribution in [0.25, 0.3) is 0 Å². The summed E-state index contributed by atoms with van der Waals surface area (Å²) in [5, 5.41) is 4.20. The third-order valence-electron chi connectivity index (χ3n) is 5.68. The molecule has 1 atom stereocenters. The molecule has 1 saturated carbocycles. The number of oxime groups is 1. The van der Waals surface area contributed by atoms with Crippen molar-refractivity contribution >= 4 is 11.6 Å². The Hall–Kier alpha value is -2.76. The van der Waals surface area contributed by atoms with Crippen molar-refractivity contribution in [3.8, 4) is 0 Å². The van der Waals surface area contributed by atoms with E-state index in [9.17, 15) is 13.6 Å². The summed E-state index contributed by atoms with van der Waals surface area (Å²) in [7, 11) is 0. The molecule has 1 heterocycles. The molecule has 0 spiro atoms. The number of aryl methyl sites for hydroxylation is 1. The molecule has 0 saturated heterocycles. The van der Waals surface area contributed by atoms with Crippen LogP contribution in [0.3, 0.4) is 0 Å². The molecule has 2 aliphatic rings. The van der Waals surface area contributed by atoms with Crippen LogP contribution >= 0.6 is 0 Å². The number of hydrogen-bond donors (Lipinski definition) is 0. The number of halogens is 2. The highest BCUT2D eigenvalue weighted by molar-refractivity contribution is 6.01. The summed E-state index contributed by atoms with van der Waals surface area (Å²) in [5.74, 6) is -1.27. The molecule has 1 fully saturated rings. The molecular formula is C23H24F2N2O2. The first-order valence-corrected chi connectivity index (χ1v) is 10.0. The third kappa shape index (κ3) is 4.47. The molecule has 1 amide bonds. The second-order valence-corrected chi connectivity index (χ2v) is 7.92. The minimum Gasteiger partial charge on any atom is -0.390 e. The van der Waals surface area contributed by atoms with Crippen molar-refractivity contribution in [1.82, 2.24) is 4.90 Å². The van der Waals surface area contributed by atoms with Gasteiger partial charge in [0.25, 0.3) is 0 Å². The summed E-state index contributed by atoms with van der Waals surface area (Å²) in [6.45, 7) is 2.45. The van der Waals surface area contributed by atoms with Gasteiger partial charge in [-0.3, -0.25) is 4.79 Å². The first kappa shape index (κ1) is 19.6. The average molecular weight is 398 g/mol. The lowest BCUT2D eigenvalue weighted by atomic mass is 9.84. The molecule has 0 unspecified atom stereocenters.